The van der Waals surface area contributed by atoms with Crippen molar-refractivity contribution in [3.05, 3.63) is 24.0 Å². The van der Waals surface area contributed by atoms with Crippen molar-refractivity contribution in [3.8, 4) is 0 Å². The molecule has 19 heavy (non-hydrogen) atoms. The molecule has 1 aromatic rings. The van der Waals surface area contributed by atoms with Crippen molar-refractivity contribution in [2.24, 2.45) is 11.3 Å². The van der Waals surface area contributed by atoms with E-state index in [-0.39, 0.29) is 16.9 Å². The summed E-state index contributed by atoms with van der Waals surface area (Å²) in [5.41, 5.74) is 3.41. The molecule has 106 valence electrons. The first-order valence-corrected chi connectivity index (χ1v) is 6.38. The Kier molecular flexibility index (Phi) is 4.52. The van der Waals surface area contributed by atoms with Crippen LogP contribution in [0.5, 0.6) is 0 Å². The molecule has 0 saturated heterocycles. The average molecular weight is 264 g/mol. The predicted octanol–water partition coefficient (Wildman–Crippen LogP) is 2.31. The van der Waals surface area contributed by atoms with Gasteiger partial charge in [0.2, 0.25) is 0 Å². The Balaban J connectivity index is 2.72. The molecule has 0 aliphatic heterocycles. The molecule has 0 bridgehead atoms. The number of carbonyl (C=O) groups excluding carboxylic acids is 1. The zero-order valence-corrected chi connectivity index (χ0v) is 12.4. The van der Waals surface area contributed by atoms with Crippen molar-refractivity contribution in [3.63, 3.8) is 0 Å². The second-order valence-corrected chi connectivity index (χ2v) is 6.65. The topological polar surface area (TPSA) is 80.0 Å². The fourth-order valence-electron chi connectivity index (χ4n) is 2.35. The van der Waals surface area contributed by atoms with E-state index in [1.807, 2.05) is 13.8 Å². The van der Waals surface area contributed by atoms with Crippen LogP contribution in [0.25, 0.3) is 0 Å². The summed E-state index contributed by atoms with van der Waals surface area (Å²) in [5, 5.41) is 3.01. The van der Waals surface area contributed by atoms with E-state index >= 15 is 0 Å². The highest BCUT2D eigenvalue weighted by atomic mass is 16.2. The van der Waals surface area contributed by atoms with Gasteiger partial charge < -0.3 is 10.7 Å². The number of pyridine rings is 1. The SMILES string of the molecule is CC(C)(C)CC(C)(C)NC(=O)c1ccc(NN)cn1. The van der Waals surface area contributed by atoms with E-state index in [2.05, 4.69) is 36.5 Å². The van der Waals surface area contributed by atoms with E-state index in [9.17, 15) is 4.79 Å². The fourth-order valence-corrected chi connectivity index (χ4v) is 2.35. The van der Waals surface area contributed by atoms with Crippen molar-refractivity contribution < 1.29 is 4.79 Å². The van der Waals surface area contributed by atoms with Gasteiger partial charge in [0.15, 0.2) is 0 Å². The van der Waals surface area contributed by atoms with E-state index in [4.69, 9.17) is 5.84 Å². The van der Waals surface area contributed by atoms with E-state index < -0.39 is 0 Å². The van der Waals surface area contributed by atoms with Crippen molar-refractivity contribution in [1.29, 1.82) is 0 Å². The second kappa shape index (κ2) is 5.57. The standard InChI is InChI=1S/C14H24N4O/c1-13(2,3)9-14(4,5)17-12(19)11-7-6-10(18-15)8-16-11/h6-8,18H,9,15H2,1-5H3,(H,17,19). The molecule has 0 radical (unpaired) electrons. The van der Waals surface area contributed by atoms with Crippen LogP contribution >= 0.6 is 0 Å². The van der Waals surface area contributed by atoms with Crippen LogP contribution in [-0.2, 0) is 0 Å². The smallest absolute Gasteiger partial charge is 0.270 e. The lowest BCUT2D eigenvalue weighted by Crippen LogP contribution is -2.46. The normalized spacial score (nSPS) is 12.1. The lowest BCUT2D eigenvalue weighted by molar-refractivity contribution is 0.0886. The Bertz CT molecular complexity index is 432. The number of carbonyl (C=O) groups is 1. The van der Waals surface area contributed by atoms with Crippen LogP contribution < -0.4 is 16.6 Å². The number of hydrogen-bond donors (Lipinski definition) is 3. The minimum Gasteiger partial charge on any atom is -0.346 e. The van der Waals surface area contributed by atoms with Crippen LogP contribution in [0.3, 0.4) is 0 Å². The first-order chi connectivity index (χ1) is 8.63. The monoisotopic (exact) mass is 264 g/mol. The summed E-state index contributed by atoms with van der Waals surface area (Å²) >= 11 is 0. The van der Waals surface area contributed by atoms with Gasteiger partial charge in [-0.1, -0.05) is 20.8 Å². The Morgan fingerprint density at radius 1 is 1.26 bits per heavy atom. The molecule has 0 atom stereocenters. The van der Waals surface area contributed by atoms with Gasteiger partial charge in [0.1, 0.15) is 5.69 Å². The number of nitrogen functional groups attached to an aromatic ring is 1. The van der Waals surface area contributed by atoms with Crippen molar-refractivity contribution in [2.45, 2.75) is 46.6 Å². The zero-order chi connectivity index (χ0) is 14.7. The third kappa shape index (κ3) is 5.26. The lowest BCUT2D eigenvalue weighted by Gasteiger charge is -2.33. The Morgan fingerprint density at radius 2 is 1.89 bits per heavy atom. The molecule has 0 fully saturated rings. The highest BCUT2D eigenvalue weighted by Crippen LogP contribution is 2.26. The molecule has 0 aromatic carbocycles. The summed E-state index contributed by atoms with van der Waals surface area (Å²) < 4.78 is 0. The minimum atomic E-state index is -0.276. The Labute approximate surface area is 115 Å². The number of anilines is 1. The summed E-state index contributed by atoms with van der Waals surface area (Å²) in [4.78, 5) is 16.2. The summed E-state index contributed by atoms with van der Waals surface area (Å²) in [6.45, 7) is 10.5. The van der Waals surface area contributed by atoms with E-state index in [1.165, 1.54) is 6.20 Å². The highest BCUT2D eigenvalue weighted by molar-refractivity contribution is 5.92. The summed E-state index contributed by atoms with van der Waals surface area (Å²) in [6, 6.07) is 3.37. The molecule has 1 rings (SSSR count). The van der Waals surface area contributed by atoms with Crippen LogP contribution in [0.4, 0.5) is 5.69 Å². The van der Waals surface area contributed by atoms with Gasteiger partial charge in [-0.05, 0) is 37.8 Å². The number of amides is 1. The van der Waals surface area contributed by atoms with Crippen molar-refractivity contribution >= 4 is 11.6 Å². The molecule has 0 aliphatic rings. The number of hydrogen-bond acceptors (Lipinski definition) is 4. The maximum atomic E-state index is 12.1. The van der Waals surface area contributed by atoms with Gasteiger partial charge in [0.05, 0.1) is 11.9 Å². The number of rotatable bonds is 4. The molecule has 1 aromatic heterocycles. The molecule has 5 heteroatoms. The van der Waals surface area contributed by atoms with Gasteiger partial charge in [0, 0.05) is 5.54 Å². The second-order valence-electron chi connectivity index (χ2n) is 6.65. The number of aromatic nitrogens is 1. The van der Waals surface area contributed by atoms with Gasteiger partial charge in [-0.2, -0.15) is 0 Å². The molecular formula is C14H24N4O. The lowest BCUT2D eigenvalue weighted by atomic mass is 9.82. The van der Waals surface area contributed by atoms with Crippen LogP contribution in [0.15, 0.2) is 18.3 Å². The Hall–Kier alpha value is -1.62. The molecule has 0 aliphatic carbocycles. The molecular weight excluding hydrogens is 240 g/mol. The predicted molar refractivity (Wildman–Crippen MR) is 77.7 cm³/mol. The van der Waals surface area contributed by atoms with Crippen LogP contribution in [0.2, 0.25) is 0 Å². The van der Waals surface area contributed by atoms with Crippen LogP contribution in [-0.4, -0.2) is 16.4 Å². The molecule has 1 heterocycles. The third-order valence-corrected chi connectivity index (χ3v) is 2.59. The van der Waals surface area contributed by atoms with Crippen molar-refractivity contribution in [2.75, 3.05) is 5.43 Å². The first kappa shape index (κ1) is 15.4. The van der Waals surface area contributed by atoms with Crippen molar-refractivity contribution in [1.82, 2.24) is 10.3 Å². The van der Waals surface area contributed by atoms with Crippen LogP contribution in [0, 0.1) is 5.41 Å². The third-order valence-electron chi connectivity index (χ3n) is 2.59. The number of nitrogens with one attached hydrogen (secondary N) is 2. The molecule has 4 N–H and O–H groups in total. The highest BCUT2D eigenvalue weighted by Gasteiger charge is 2.27. The fraction of sp³-hybridized carbons (Fsp3) is 0.571. The Morgan fingerprint density at radius 3 is 2.32 bits per heavy atom. The number of hydrazine groups is 1. The van der Waals surface area contributed by atoms with Gasteiger partial charge in [-0.25, -0.2) is 4.98 Å². The summed E-state index contributed by atoms with van der Waals surface area (Å²) in [5.74, 6) is 5.09. The maximum absolute atomic E-state index is 12.1. The quantitative estimate of drug-likeness (QED) is 0.576. The van der Waals surface area contributed by atoms with Gasteiger partial charge in [-0.15, -0.1) is 0 Å². The van der Waals surface area contributed by atoms with Gasteiger partial charge >= 0.3 is 0 Å². The van der Waals surface area contributed by atoms with E-state index in [1.54, 1.807) is 12.1 Å². The van der Waals surface area contributed by atoms with E-state index in [0.29, 0.717) is 11.4 Å². The molecule has 5 nitrogen and oxygen atoms in total. The average Bonchev–Trinajstić information content (AvgIpc) is 2.25. The molecule has 0 saturated carbocycles. The van der Waals surface area contributed by atoms with Gasteiger partial charge in [-0.3, -0.25) is 10.6 Å². The van der Waals surface area contributed by atoms with Crippen LogP contribution in [0.1, 0.15) is 51.5 Å². The molecule has 0 unspecified atom stereocenters. The van der Waals surface area contributed by atoms with Gasteiger partial charge in [0.25, 0.3) is 5.91 Å². The summed E-state index contributed by atoms with van der Waals surface area (Å²) in [6.07, 6.45) is 2.42. The molecule has 1 amide bonds. The number of nitrogens with two attached hydrogens (primary N) is 1. The minimum absolute atomic E-state index is 0.150. The first-order valence-electron chi connectivity index (χ1n) is 6.38. The van der Waals surface area contributed by atoms with E-state index in [0.717, 1.165) is 6.42 Å². The largest absolute Gasteiger partial charge is 0.346 e. The number of nitrogens with zero attached hydrogens (tertiary/aromatic N) is 1. The molecule has 0 spiro atoms. The summed E-state index contributed by atoms with van der Waals surface area (Å²) in [7, 11) is 0. The maximum Gasteiger partial charge on any atom is 0.270 e. The zero-order valence-electron chi connectivity index (χ0n) is 12.4.